The van der Waals surface area contributed by atoms with Crippen LogP contribution in [0, 0.1) is 0 Å². The SMILES string of the molecule is O=C(O)/C(=C/c1cccc2ccccc12)NC(=O)c1ccc(C(=O)NCc2cccc(O)c2)cc1Br. The first-order valence-corrected chi connectivity index (χ1v) is 11.7. The lowest BCUT2D eigenvalue weighted by Gasteiger charge is -2.11. The number of amides is 2. The van der Waals surface area contributed by atoms with Crippen LogP contribution in [0.4, 0.5) is 0 Å². The number of carboxylic acid groups (broad SMARTS) is 1. The van der Waals surface area contributed by atoms with Crippen LogP contribution < -0.4 is 10.6 Å². The molecule has 4 aromatic carbocycles. The number of aromatic hydroxyl groups is 1. The summed E-state index contributed by atoms with van der Waals surface area (Å²) < 4.78 is 0.333. The molecule has 0 saturated heterocycles. The first-order valence-electron chi connectivity index (χ1n) is 10.9. The highest BCUT2D eigenvalue weighted by molar-refractivity contribution is 9.10. The Balaban J connectivity index is 1.50. The van der Waals surface area contributed by atoms with Crippen molar-refractivity contribution in [1.29, 1.82) is 0 Å². The number of halogens is 1. The molecule has 0 radical (unpaired) electrons. The molecule has 7 nitrogen and oxygen atoms in total. The number of phenolic OH excluding ortho intramolecular Hbond substituents is 1. The van der Waals surface area contributed by atoms with Crippen LogP contribution in [0.15, 0.2) is 95.1 Å². The number of fused-ring (bicyclic) bond motifs is 1. The van der Waals surface area contributed by atoms with Crippen LogP contribution in [0.5, 0.6) is 5.75 Å². The quantitative estimate of drug-likeness (QED) is 0.242. The van der Waals surface area contributed by atoms with Crippen molar-refractivity contribution in [3.8, 4) is 5.75 Å². The van der Waals surface area contributed by atoms with E-state index < -0.39 is 11.9 Å². The molecular formula is C28H21BrN2O5. The molecule has 0 fully saturated rings. The van der Waals surface area contributed by atoms with Crippen molar-refractivity contribution in [3.63, 3.8) is 0 Å². The van der Waals surface area contributed by atoms with E-state index in [2.05, 4.69) is 26.6 Å². The summed E-state index contributed by atoms with van der Waals surface area (Å²) in [6, 6.07) is 24.0. The smallest absolute Gasteiger partial charge is 0.352 e. The molecule has 0 atom stereocenters. The number of carboxylic acids is 1. The zero-order valence-electron chi connectivity index (χ0n) is 18.9. The van der Waals surface area contributed by atoms with Gasteiger partial charge in [-0.3, -0.25) is 9.59 Å². The van der Waals surface area contributed by atoms with Gasteiger partial charge in [-0.1, -0.05) is 54.6 Å². The van der Waals surface area contributed by atoms with Gasteiger partial charge in [-0.15, -0.1) is 0 Å². The summed E-state index contributed by atoms with van der Waals surface area (Å²) in [4.78, 5) is 37.3. The summed E-state index contributed by atoms with van der Waals surface area (Å²) in [6.07, 6.45) is 1.42. The Bertz CT molecular complexity index is 1510. The van der Waals surface area contributed by atoms with E-state index in [1.807, 2.05) is 36.4 Å². The minimum absolute atomic E-state index is 0.107. The van der Waals surface area contributed by atoms with Gasteiger partial charge < -0.3 is 20.8 Å². The number of nitrogens with one attached hydrogen (secondary N) is 2. The van der Waals surface area contributed by atoms with Gasteiger partial charge in [0.15, 0.2) is 0 Å². The zero-order valence-corrected chi connectivity index (χ0v) is 20.5. The third-order valence-corrected chi connectivity index (χ3v) is 6.10. The summed E-state index contributed by atoms with van der Waals surface area (Å²) in [5.41, 5.74) is 1.59. The fourth-order valence-corrected chi connectivity index (χ4v) is 4.22. The van der Waals surface area contributed by atoms with E-state index in [9.17, 15) is 24.6 Å². The summed E-state index contributed by atoms with van der Waals surface area (Å²) in [7, 11) is 0. The van der Waals surface area contributed by atoms with Gasteiger partial charge >= 0.3 is 5.97 Å². The number of carbonyl (C=O) groups is 3. The van der Waals surface area contributed by atoms with Gasteiger partial charge in [0, 0.05) is 16.6 Å². The molecule has 36 heavy (non-hydrogen) atoms. The van der Waals surface area contributed by atoms with E-state index in [-0.39, 0.29) is 29.5 Å². The molecule has 0 aliphatic heterocycles. The molecule has 8 heteroatoms. The Hall–Kier alpha value is -4.43. The topological polar surface area (TPSA) is 116 Å². The minimum atomic E-state index is -1.28. The fourth-order valence-electron chi connectivity index (χ4n) is 3.66. The molecule has 0 aliphatic carbocycles. The normalized spacial score (nSPS) is 11.2. The van der Waals surface area contributed by atoms with Crippen molar-refractivity contribution in [2.24, 2.45) is 0 Å². The summed E-state index contributed by atoms with van der Waals surface area (Å²) in [5, 5.41) is 26.2. The number of carbonyl (C=O) groups excluding carboxylic acids is 2. The van der Waals surface area contributed by atoms with Gasteiger partial charge in [0.1, 0.15) is 11.4 Å². The number of rotatable bonds is 7. The van der Waals surface area contributed by atoms with Gasteiger partial charge in [0.05, 0.1) is 5.56 Å². The second-order valence-corrected chi connectivity index (χ2v) is 8.79. The molecule has 0 unspecified atom stereocenters. The maximum Gasteiger partial charge on any atom is 0.352 e. The van der Waals surface area contributed by atoms with Gasteiger partial charge in [-0.2, -0.15) is 0 Å². The van der Waals surface area contributed by atoms with Crippen molar-refractivity contribution >= 4 is 50.6 Å². The molecule has 0 bridgehead atoms. The highest BCUT2D eigenvalue weighted by Gasteiger charge is 2.18. The lowest BCUT2D eigenvalue weighted by Crippen LogP contribution is -2.28. The number of phenols is 1. The molecular weight excluding hydrogens is 524 g/mol. The van der Waals surface area contributed by atoms with Crippen LogP contribution in [0.1, 0.15) is 31.8 Å². The van der Waals surface area contributed by atoms with Crippen LogP contribution in [0.3, 0.4) is 0 Å². The Kier molecular flexibility index (Phi) is 7.46. The molecule has 0 heterocycles. The van der Waals surface area contributed by atoms with Crippen LogP contribution >= 0.6 is 15.9 Å². The molecule has 4 aromatic rings. The predicted octanol–water partition coefficient (Wildman–Crippen LogP) is 5.09. The highest BCUT2D eigenvalue weighted by Crippen LogP contribution is 2.22. The van der Waals surface area contributed by atoms with E-state index in [1.54, 1.807) is 30.3 Å². The highest BCUT2D eigenvalue weighted by atomic mass is 79.9. The first-order chi connectivity index (χ1) is 17.3. The number of hydrogen-bond acceptors (Lipinski definition) is 4. The van der Waals surface area contributed by atoms with Gasteiger partial charge in [-0.05, 0) is 74.2 Å². The van der Waals surface area contributed by atoms with Gasteiger partial charge in [0.25, 0.3) is 11.8 Å². The Morgan fingerprint density at radius 3 is 2.36 bits per heavy atom. The standard InChI is InChI=1S/C28H21BrN2O5/c29-24-14-20(26(33)30-16-17-5-3-9-21(32)13-17)11-12-23(24)27(34)31-25(28(35)36)15-19-8-4-7-18-6-1-2-10-22(18)19/h1-15,32H,16H2,(H,30,33)(H,31,34)(H,35,36)/b25-15-. The molecule has 2 amide bonds. The lowest BCUT2D eigenvalue weighted by molar-refractivity contribution is -0.132. The third kappa shape index (κ3) is 5.79. The van der Waals surface area contributed by atoms with E-state index in [0.29, 0.717) is 15.6 Å². The maximum atomic E-state index is 12.9. The van der Waals surface area contributed by atoms with Crippen molar-refractivity contribution in [2.75, 3.05) is 0 Å². The predicted molar refractivity (Wildman–Crippen MR) is 140 cm³/mol. The van der Waals surface area contributed by atoms with E-state index in [1.165, 1.54) is 24.3 Å². The average molecular weight is 545 g/mol. The Morgan fingerprint density at radius 2 is 1.61 bits per heavy atom. The third-order valence-electron chi connectivity index (χ3n) is 5.44. The molecule has 0 aromatic heterocycles. The maximum absolute atomic E-state index is 12.9. The molecule has 4 rings (SSSR count). The van der Waals surface area contributed by atoms with Crippen LogP contribution in [-0.2, 0) is 11.3 Å². The van der Waals surface area contributed by atoms with Crippen molar-refractivity contribution in [2.45, 2.75) is 6.54 Å². The van der Waals surface area contributed by atoms with E-state index in [4.69, 9.17) is 0 Å². The first kappa shape index (κ1) is 24.7. The molecule has 0 spiro atoms. The van der Waals surface area contributed by atoms with Crippen LogP contribution in [0.25, 0.3) is 16.8 Å². The van der Waals surface area contributed by atoms with Gasteiger partial charge in [-0.25, -0.2) is 4.79 Å². The second-order valence-electron chi connectivity index (χ2n) is 7.93. The van der Waals surface area contributed by atoms with Crippen LogP contribution in [0.2, 0.25) is 0 Å². The molecule has 4 N–H and O–H groups in total. The van der Waals surface area contributed by atoms with E-state index >= 15 is 0 Å². The summed E-state index contributed by atoms with van der Waals surface area (Å²) >= 11 is 3.31. The number of hydrogen-bond donors (Lipinski definition) is 4. The zero-order chi connectivity index (χ0) is 25.7. The average Bonchev–Trinajstić information content (AvgIpc) is 2.87. The second kappa shape index (κ2) is 10.9. The van der Waals surface area contributed by atoms with Crippen LogP contribution in [-0.4, -0.2) is 28.0 Å². The summed E-state index contributed by atoms with van der Waals surface area (Å²) in [6.45, 7) is 0.216. The molecule has 180 valence electrons. The minimum Gasteiger partial charge on any atom is -0.508 e. The lowest BCUT2D eigenvalue weighted by atomic mass is 10.0. The Labute approximate surface area is 215 Å². The van der Waals surface area contributed by atoms with Crippen molar-refractivity contribution < 1.29 is 24.6 Å². The molecule has 0 aliphatic rings. The number of aliphatic carboxylic acids is 1. The van der Waals surface area contributed by atoms with Crippen molar-refractivity contribution in [3.05, 3.63) is 117 Å². The van der Waals surface area contributed by atoms with Crippen molar-refractivity contribution in [1.82, 2.24) is 10.6 Å². The van der Waals surface area contributed by atoms with E-state index in [0.717, 1.165) is 16.3 Å². The largest absolute Gasteiger partial charge is 0.508 e. The fraction of sp³-hybridized carbons (Fsp3) is 0.0357. The van der Waals surface area contributed by atoms with Gasteiger partial charge in [0.2, 0.25) is 0 Å². The Morgan fingerprint density at radius 1 is 0.861 bits per heavy atom. The number of benzene rings is 4. The monoisotopic (exact) mass is 544 g/mol. The molecule has 0 saturated carbocycles. The summed E-state index contributed by atoms with van der Waals surface area (Å²) in [5.74, 6) is -2.18.